The summed E-state index contributed by atoms with van der Waals surface area (Å²) in [6.07, 6.45) is 9.53. The van der Waals surface area contributed by atoms with E-state index in [0.717, 1.165) is 57.2 Å². The number of nitrogens with zero attached hydrogens (tertiary/aromatic N) is 5. The zero-order valence-corrected chi connectivity index (χ0v) is 15.5. The van der Waals surface area contributed by atoms with E-state index in [2.05, 4.69) is 15.3 Å². The fourth-order valence-corrected chi connectivity index (χ4v) is 4.16. The van der Waals surface area contributed by atoms with E-state index in [1.165, 1.54) is 0 Å². The first-order valence-electron chi connectivity index (χ1n) is 9.75. The van der Waals surface area contributed by atoms with Gasteiger partial charge in [0.05, 0.1) is 12.2 Å². The van der Waals surface area contributed by atoms with Gasteiger partial charge in [-0.1, -0.05) is 11.3 Å². The maximum atomic E-state index is 12.8. The van der Waals surface area contributed by atoms with Crippen molar-refractivity contribution in [3.05, 3.63) is 35.8 Å². The number of nitrogens with two attached hydrogens (primary N) is 2. The Morgan fingerprint density at radius 3 is 2.74 bits per heavy atom. The van der Waals surface area contributed by atoms with Gasteiger partial charge in [-0.2, -0.15) is 0 Å². The number of aromatic nitrogens is 4. The third-order valence-corrected chi connectivity index (χ3v) is 5.79. The van der Waals surface area contributed by atoms with Crippen molar-refractivity contribution in [2.75, 3.05) is 18.8 Å². The molecule has 1 aliphatic heterocycles. The van der Waals surface area contributed by atoms with Crippen LogP contribution in [0.3, 0.4) is 0 Å². The minimum absolute atomic E-state index is 0.0216. The minimum Gasteiger partial charge on any atom is -0.384 e. The number of likely N-dealkylation sites (tertiary alicyclic amines) is 1. The lowest BCUT2D eigenvalue weighted by Gasteiger charge is -2.25. The van der Waals surface area contributed by atoms with Crippen LogP contribution in [-0.4, -0.2) is 49.9 Å². The third-order valence-electron chi connectivity index (χ3n) is 5.79. The SMILES string of the molecule is Nc1ccc(CC2CCN(C(=O)c3cn(C4CCC(N)CC4)nn3)C2)cn1. The van der Waals surface area contributed by atoms with E-state index in [1.807, 2.05) is 27.9 Å². The number of rotatable bonds is 4. The molecule has 1 amide bonds. The molecule has 27 heavy (non-hydrogen) atoms. The molecular weight excluding hydrogens is 342 g/mol. The molecule has 0 spiro atoms. The van der Waals surface area contributed by atoms with E-state index in [-0.39, 0.29) is 5.91 Å². The summed E-state index contributed by atoms with van der Waals surface area (Å²) in [4.78, 5) is 18.8. The van der Waals surface area contributed by atoms with Crippen LogP contribution in [0.25, 0.3) is 0 Å². The van der Waals surface area contributed by atoms with Gasteiger partial charge in [0.1, 0.15) is 5.82 Å². The summed E-state index contributed by atoms with van der Waals surface area (Å²) in [5.74, 6) is 0.950. The van der Waals surface area contributed by atoms with Gasteiger partial charge < -0.3 is 16.4 Å². The molecule has 8 heteroatoms. The average Bonchev–Trinajstić information content (AvgIpc) is 3.34. The normalized spacial score (nSPS) is 25.7. The zero-order valence-electron chi connectivity index (χ0n) is 15.5. The first kappa shape index (κ1) is 17.9. The lowest BCUT2D eigenvalue weighted by atomic mass is 9.92. The molecule has 3 heterocycles. The highest BCUT2D eigenvalue weighted by Gasteiger charge is 2.29. The van der Waals surface area contributed by atoms with Gasteiger partial charge in [-0.15, -0.1) is 5.10 Å². The molecule has 4 rings (SSSR count). The van der Waals surface area contributed by atoms with Crippen molar-refractivity contribution in [3.63, 3.8) is 0 Å². The Hall–Kier alpha value is -2.48. The second kappa shape index (κ2) is 7.64. The fourth-order valence-electron chi connectivity index (χ4n) is 4.16. The Bertz CT molecular complexity index is 780. The highest BCUT2D eigenvalue weighted by atomic mass is 16.2. The second-order valence-corrected chi connectivity index (χ2v) is 7.85. The van der Waals surface area contributed by atoms with Crippen molar-refractivity contribution in [1.29, 1.82) is 0 Å². The lowest BCUT2D eigenvalue weighted by molar-refractivity contribution is 0.0781. The van der Waals surface area contributed by atoms with Gasteiger partial charge in [0.2, 0.25) is 0 Å². The number of amides is 1. The summed E-state index contributed by atoms with van der Waals surface area (Å²) in [7, 11) is 0. The van der Waals surface area contributed by atoms with Crippen LogP contribution in [0.4, 0.5) is 5.82 Å². The van der Waals surface area contributed by atoms with E-state index >= 15 is 0 Å². The Kier molecular flexibility index (Phi) is 5.07. The van der Waals surface area contributed by atoms with Gasteiger partial charge in [0.15, 0.2) is 5.69 Å². The summed E-state index contributed by atoms with van der Waals surface area (Å²) < 4.78 is 1.85. The largest absolute Gasteiger partial charge is 0.384 e. The fraction of sp³-hybridized carbons (Fsp3) is 0.579. The van der Waals surface area contributed by atoms with Gasteiger partial charge in [0, 0.05) is 25.3 Å². The Balaban J connectivity index is 1.34. The topological polar surface area (TPSA) is 116 Å². The molecule has 1 atom stereocenters. The van der Waals surface area contributed by atoms with E-state index in [9.17, 15) is 4.79 Å². The molecule has 1 unspecified atom stereocenters. The van der Waals surface area contributed by atoms with E-state index < -0.39 is 0 Å². The molecule has 2 fully saturated rings. The second-order valence-electron chi connectivity index (χ2n) is 7.85. The summed E-state index contributed by atoms with van der Waals surface area (Å²) in [6.45, 7) is 1.51. The van der Waals surface area contributed by atoms with E-state index in [0.29, 0.717) is 29.5 Å². The molecule has 2 aromatic heterocycles. The van der Waals surface area contributed by atoms with Crippen LogP contribution in [0.5, 0.6) is 0 Å². The molecule has 144 valence electrons. The van der Waals surface area contributed by atoms with Crippen LogP contribution in [0.2, 0.25) is 0 Å². The molecule has 2 aromatic rings. The van der Waals surface area contributed by atoms with Gasteiger partial charge in [-0.3, -0.25) is 4.79 Å². The van der Waals surface area contributed by atoms with Gasteiger partial charge in [0.25, 0.3) is 5.91 Å². The van der Waals surface area contributed by atoms with Gasteiger partial charge in [-0.05, 0) is 56.1 Å². The summed E-state index contributed by atoms with van der Waals surface area (Å²) in [5.41, 5.74) is 13.2. The third kappa shape index (κ3) is 4.10. The van der Waals surface area contributed by atoms with Crippen molar-refractivity contribution >= 4 is 11.7 Å². The molecule has 0 aromatic carbocycles. The number of anilines is 1. The van der Waals surface area contributed by atoms with Crippen molar-refractivity contribution in [2.45, 2.75) is 50.6 Å². The van der Waals surface area contributed by atoms with Crippen LogP contribution < -0.4 is 11.5 Å². The summed E-state index contributed by atoms with van der Waals surface area (Å²) in [5, 5.41) is 8.35. The maximum Gasteiger partial charge on any atom is 0.276 e. The molecule has 1 aliphatic carbocycles. The molecule has 0 radical (unpaired) electrons. The Morgan fingerprint density at radius 1 is 1.19 bits per heavy atom. The van der Waals surface area contributed by atoms with Gasteiger partial charge >= 0.3 is 0 Å². The molecule has 0 bridgehead atoms. The van der Waals surface area contributed by atoms with E-state index in [1.54, 1.807) is 6.20 Å². The van der Waals surface area contributed by atoms with Crippen LogP contribution in [-0.2, 0) is 6.42 Å². The standard InChI is InChI=1S/C19H27N7O/c20-15-2-4-16(5-3-15)26-12-17(23-24-26)19(27)25-8-7-14(11-25)9-13-1-6-18(21)22-10-13/h1,6,10,12,14-16H,2-5,7-9,11,20H2,(H2,21,22). The van der Waals surface area contributed by atoms with E-state index in [4.69, 9.17) is 11.5 Å². The molecule has 2 aliphatic rings. The average molecular weight is 369 g/mol. The number of hydrogen-bond donors (Lipinski definition) is 2. The van der Waals surface area contributed by atoms with Crippen LogP contribution in [0.1, 0.15) is 54.2 Å². The quantitative estimate of drug-likeness (QED) is 0.841. The number of pyridine rings is 1. The monoisotopic (exact) mass is 369 g/mol. The van der Waals surface area contributed by atoms with Crippen molar-refractivity contribution < 1.29 is 4.79 Å². The number of carbonyl (C=O) groups is 1. The molecule has 1 saturated heterocycles. The zero-order chi connectivity index (χ0) is 18.8. The van der Waals surface area contributed by atoms with Crippen molar-refractivity contribution in [1.82, 2.24) is 24.9 Å². The maximum absolute atomic E-state index is 12.8. The minimum atomic E-state index is -0.0216. The lowest BCUT2D eigenvalue weighted by Crippen LogP contribution is -2.29. The predicted octanol–water partition coefficient (Wildman–Crippen LogP) is 1.40. The Morgan fingerprint density at radius 2 is 2.00 bits per heavy atom. The first-order valence-corrected chi connectivity index (χ1v) is 9.75. The molecule has 8 nitrogen and oxygen atoms in total. The van der Waals surface area contributed by atoms with Crippen molar-refractivity contribution in [3.8, 4) is 0 Å². The molecular formula is C19H27N7O. The molecule has 4 N–H and O–H groups in total. The van der Waals surface area contributed by atoms with Crippen LogP contribution in [0, 0.1) is 5.92 Å². The predicted molar refractivity (Wildman–Crippen MR) is 102 cm³/mol. The highest BCUT2D eigenvalue weighted by Crippen LogP contribution is 2.27. The first-order chi connectivity index (χ1) is 13.1. The Labute approximate surface area is 158 Å². The molecule has 1 saturated carbocycles. The summed E-state index contributed by atoms with van der Waals surface area (Å²) in [6, 6.07) is 4.44. The van der Waals surface area contributed by atoms with Crippen LogP contribution in [0.15, 0.2) is 24.5 Å². The van der Waals surface area contributed by atoms with Gasteiger partial charge in [-0.25, -0.2) is 9.67 Å². The van der Waals surface area contributed by atoms with Crippen molar-refractivity contribution in [2.24, 2.45) is 11.7 Å². The smallest absolute Gasteiger partial charge is 0.276 e. The summed E-state index contributed by atoms with van der Waals surface area (Å²) >= 11 is 0. The number of nitrogen functional groups attached to an aromatic ring is 1. The highest BCUT2D eigenvalue weighted by molar-refractivity contribution is 5.92. The van der Waals surface area contributed by atoms with Crippen LogP contribution >= 0.6 is 0 Å². The number of hydrogen-bond acceptors (Lipinski definition) is 6. The number of carbonyl (C=O) groups excluding carboxylic acids is 1.